The van der Waals surface area contributed by atoms with E-state index in [1.165, 1.54) is 0 Å². The summed E-state index contributed by atoms with van der Waals surface area (Å²) in [6, 6.07) is 16.7. The normalized spacial score (nSPS) is 16.6. The summed E-state index contributed by atoms with van der Waals surface area (Å²) in [4.78, 5) is 13.2. The molecule has 1 heterocycles. The van der Waals surface area contributed by atoms with E-state index in [-0.39, 0.29) is 12.5 Å². The molecule has 0 amide bonds. The van der Waals surface area contributed by atoms with Crippen molar-refractivity contribution in [3.05, 3.63) is 54.1 Å². The van der Waals surface area contributed by atoms with Gasteiger partial charge in [0.1, 0.15) is 11.5 Å². The highest BCUT2D eigenvalue weighted by Gasteiger charge is 2.26. The summed E-state index contributed by atoms with van der Waals surface area (Å²) in [5, 5.41) is 17.9. The third-order valence-electron chi connectivity index (χ3n) is 4.16. The lowest BCUT2D eigenvalue weighted by Gasteiger charge is -2.26. The molecule has 1 aliphatic rings. The van der Waals surface area contributed by atoms with E-state index in [0.29, 0.717) is 17.1 Å². The molecule has 1 N–H and O–H groups in total. The largest absolute Gasteiger partial charge is 0.481 e. The van der Waals surface area contributed by atoms with Gasteiger partial charge in [0.15, 0.2) is 0 Å². The minimum Gasteiger partial charge on any atom is -0.481 e. The fourth-order valence-electron chi connectivity index (χ4n) is 3.05. The minimum absolute atomic E-state index is 0.0349. The van der Waals surface area contributed by atoms with Crippen LogP contribution in [0.1, 0.15) is 24.8 Å². The van der Waals surface area contributed by atoms with Gasteiger partial charge in [-0.2, -0.15) is 5.26 Å². The van der Waals surface area contributed by atoms with E-state index in [4.69, 9.17) is 15.1 Å². The molecule has 1 fully saturated rings. The van der Waals surface area contributed by atoms with E-state index in [2.05, 4.69) is 11.0 Å². The molecule has 2 aromatic rings. The number of carbonyl (C=O) groups is 1. The quantitative estimate of drug-likeness (QED) is 0.906. The fourth-order valence-corrected chi connectivity index (χ4v) is 3.05. The molecular formula is C19H18N2O3. The third-order valence-corrected chi connectivity index (χ3v) is 4.16. The number of nitrogens with zero attached hydrogens (tertiary/aromatic N) is 2. The van der Waals surface area contributed by atoms with Crippen LogP contribution in [0.2, 0.25) is 0 Å². The average Bonchev–Trinajstić information content (AvgIpc) is 3.03. The van der Waals surface area contributed by atoms with Gasteiger partial charge in [-0.3, -0.25) is 4.79 Å². The van der Waals surface area contributed by atoms with E-state index in [0.717, 1.165) is 25.1 Å². The average molecular weight is 322 g/mol. The van der Waals surface area contributed by atoms with Gasteiger partial charge in [0.2, 0.25) is 0 Å². The van der Waals surface area contributed by atoms with Crippen molar-refractivity contribution < 1.29 is 14.6 Å². The Labute approximate surface area is 140 Å². The van der Waals surface area contributed by atoms with Gasteiger partial charge in [0, 0.05) is 24.3 Å². The van der Waals surface area contributed by atoms with Crippen LogP contribution >= 0.6 is 0 Å². The van der Waals surface area contributed by atoms with Crippen molar-refractivity contribution in [1.29, 1.82) is 5.26 Å². The molecule has 1 atom stereocenters. The standard InChI is InChI=1S/C19H18N2O3/c20-13-14-6-8-17(9-7-14)24-18-5-1-3-15(11-18)21-10-2-4-16(21)12-19(22)23/h1,3,5-9,11,16H,2,4,10,12H2,(H,22,23). The Hall–Kier alpha value is -3.00. The van der Waals surface area contributed by atoms with E-state index in [1.807, 2.05) is 24.3 Å². The van der Waals surface area contributed by atoms with Gasteiger partial charge in [-0.15, -0.1) is 0 Å². The lowest BCUT2D eigenvalue weighted by molar-refractivity contribution is -0.137. The fraction of sp³-hybridized carbons (Fsp3) is 0.263. The second kappa shape index (κ2) is 7.05. The maximum Gasteiger partial charge on any atom is 0.305 e. The second-order valence-electron chi connectivity index (χ2n) is 5.82. The molecule has 1 aliphatic heterocycles. The Bertz CT molecular complexity index is 765. The molecule has 0 spiro atoms. The predicted octanol–water partition coefficient (Wildman–Crippen LogP) is 3.79. The first-order chi connectivity index (χ1) is 11.7. The molecule has 24 heavy (non-hydrogen) atoms. The molecule has 0 saturated carbocycles. The summed E-state index contributed by atoms with van der Waals surface area (Å²) in [5.74, 6) is 0.588. The molecule has 1 saturated heterocycles. The molecule has 0 aromatic heterocycles. The van der Waals surface area contributed by atoms with E-state index in [9.17, 15) is 4.79 Å². The summed E-state index contributed by atoms with van der Waals surface area (Å²) in [6.45, 7) is 0.859. The lowest BCUT2D eigenvalue weighted by Crippen LogP contribution is -2.31. The number of carboxylic acids is 1. The van der Waals surface area contributed by atoms with Crippen LogP contribution in [0.5, 0.6) is 11.5 Å². The number of nitriles is 1. The molecule has 0 bridgehead atoms. The number of hydrogen-bond acceptors (Lipinski definition) is 4. The van der Waals surface area contributed by atoms with E-state index < -0.39 is 5.97 Å². The summed E-state index contributed by atoms with van der Waals surface area (Å²) in [7, 11) is 0. The lowest BCUT2D eigenvalue weighted by atomic mass is 10.1. The molecule has 5 heteroatoms. The highest BCUT2D eigenvalue weighted by atomic mass is 16.5. The van der Waals surface area contributed by atoms with Gasteiger partial charge in [0.05, 0.1) is 18.1 Å². The van der Waals surface area contributed by atoms with Gasteiger partial charge in [-0.25, -0.2) is 0 Å². The first-order valence-electron chi connectivity index (χ1n) is 7.92. The highest BCUT2D eigenvalue weighted by molar-refractivity contribution is 5.69. The maximum absolute atomic E-state index is 11.0. The van der Waals surface area contributed by atoms with Crippen LogP contribution in [0.15, 0.2) is 48.5 Å². The number of aliphatic carboxylic acids is 1. The van der Waals surface area contributed by atoms with E-state index >= 15 is 0 Å². The van der Waals surface area contributed by atoms with Crippen LogP contribution in [-0.4, -0.2) is 23.7 Å². The minimum atomic E-state index is -0.767. The zero-order valence-electron chi connectivity index (χ0n) is 13.2. The van der Waals surface area contributed by atoms with Crippen LogP contribution in [0.4, 0.5) is 5.69 Å². The van der Waals surface area contributed by atoms with Crippen molar-refractivity contribution in [3.63, 3.8) is 0 Å². The molecule has 5 nitrogen and oxygen atoms in total. The van der Waals surface area contributed by atoms with Crippen LogP contribution in [0.3, 0.4) is 0 Å². The van der Waals surface area contributed by atoms with E-state index in [1.54, 1.807) is 24.3 Å². The number of benzene rings is 2. The zero-order valence-corrected chi connectivity index (χ0v) is 13.2. The third kappa shape index (κ3) is 3.66. The molecule has 0 aliphatic carbocycles. The van der Waals surface area contributed by atoms with Crippen molar-refractivity contribution in [2.24, 2.45) is 0 Å². The summed E-state index contributed by atoms with van der Waals surface area (Å²) < 4.78 is 5.84. The van der Waals surface area contributed by atoms with Crippen LogP contribution in [-0.2, 0) is 4.79 Å². The van der Waals surface area contributed by atoms with Crippen molar-refractivity contribution >= 4 is 11.7 Å². The summed E-state index contributed by atoms with van der Waals surface area (Å²) in [5.41, 5.74) is 1.56. The van der Waals surface area contributed by atoms with Gasteiger partial charge in [0.25, 0.3) is 0 Å². The van der Waals surface area contributed by atoms with Gasteiger partial charge >= 0.3 is 5.97 Å². The zero-order chi connectivity index (χ0) is 16.9. The van der Waals surface area contributed by atoms with Crippen molar-refractivity contribution in [2.45, 2.75) is 25.3 Å². The molecule has 2 aromatic carbocycles. The number of ether oxygens (including phenoxy) is 1. The predicted molar refractivity (Wildman–Crippen MR) is 90.3 cm³/mol. The Morgan fingerprint density at radius 2 is 2.04 bits per heavy atom. The SMILES string of the molecule is N#Cc1ccc(Oc2cccc(N3CCCC3CC(=O)O)c2)cc1. The molecule has 122 valence electrons. The van der Waals surface area contributed by atoms with Crippen molar-refractivity contribution in [3.8, 4) is 17.6 Å². The molecular weight excluding hydrogens is 304 g/mol. The molecule has 3 rings (SSSR count). The van der Waals surface area contributed by atoms with Gasteiger partial charge < -0.3 is 14.7 Å². The first-order valence-corrected chi connectivity index (χ1v) is 7.92. The van der Waals surface area contributed by atoms with Crippen molar-refractivity contribution in [2.75, 3.05) is 11.4 Å². The van der Waals surface area contributed by atoms with Gasteiger partial charge in [-0.05, 0) is 49.2 Å². The smallest absolute Gasteiger partial charge is 0.305 e. The number of rotatable bonds is 5. The Balaban J connectivity index is 1.76. The molecule has 0 radical (unpaired) electrons. The van der Waals surface area contributed by atoms with Crippen LogP contribution < -0.4 is 9.64 Å². The van der Waals surface area contributed by atoms with Crippen LogP contribution in [0, 0.1) is 11.3 Å². The monoisotopic (exact) mass is 322 g/mol. The topological polar surface area (TPSA) is 73.6 Å². The highest BCUT2D eigenvalue weighted by Crippen LogP contribution is 2.31. The number of anilines is 1. The Morgan fingerprint density at radius 3 is 2.75 bits per heavy atom. The van der Waals surface area contributed by atoms with Gasteiger partial charge in [-0.1, -0.05) is 6.07 Å². The maximum atomic E-state index is 11.0. The second-order valence-corrected chi connectivity index (χ2v) is 5.82. The summed E-state index contributed by atoms with van der Waals surface area (Å²) in [6.07, 6.45) is 2.05. The number of hydrogen-bond donors (Lipinski definition) is 1. The first kappa shape index (κ1) is 15.9. The summed E-state index contributed by atoms with van der Waals surface area (Å²) >= 11 is 0. The Morgan fingerprint density at radius 1 is 1.25 bits per heavy atom. The van der Waals surface area contributed by atoms with Crippen molar-refractivity contribution in [1.82, 2.24) is 0 Å². The molecule has 1 unspecified atom stereocenters. The Kier molecular flexibility index (Phi) is 4.66. The number of carboxylic acid groups (broad SMARTS) is 1. The van der Waals surface area contributed by atoms with Crippen LogP contribution in [0.25, 0.3) is 0 Å².